The third-order valence-electron chi connectivity index (χ3n) is 3.86. The number of ether oxygens (including phenoxy) is 1. The molecule has 2 unspecified atom stereocenters. The Morgan fingerprint density at radius 3 is 2.04 bits per heavy atom. The number of alkyl halides is 3. The van der Waals surface area contributed by atoms with Crippen molar-refractivity contribution in [1.29, 1.82) is 0 Å². The number of carbonyl (C=O) groups is 1. The Hall–Kier alpha value is -2.60. The van der Waals surface area contributed by atoms with Crippen molar-refractivity contribution in [2.75, 3.05) is 0 Å². The molecular formula is C18H13F3O3. The first kappa shape index (κ1) is 16.3. The van der Waals surface area contributed by atoms with Crippen LogP contribution in [-0.4, -0.2) is 17.1 Å². The van der Waals surface area contributed by atoms with Crippen molar-refractivity contribution in [3.8, 4) is 0 Å². The van der Waals surface area contributed by atoms with E-state index in [1.54, 1.807) is 36.4 Å². The molecule has 0 spiro atoms. The van der Waals surface area contributed by atoms with Gasteiger partial charge >= 0.3 is 6.18 Å². The molecule has 0 saturated carbocycles. The molecule has 2 atom stereocenters. The van der Waals surface area contributed by atoms with Crippen LogP contribution in [0.4, 0.5) is 13.2 Å². The molecule has 0 fully saturated rings. The van der Waals surface area contributed by atoms with Crippen LogP contribution in [0.1, 0.15) is 17.2 Å². The summed E-state index contributed by atoms with van der Waals surface area (Å²) in [5.41, 5.74) is -1.80. The fourth-order valence-electron chi connectivity index (χ4n) is 2.68. The van der Waals surface area contributed by atoms with Crippen LogP contribution in [0.15, 0.2) is 72.5 Å². The minimum atomic E-state index is -4.82. The molecule has 1 aliphatic heterocycles. The first-order valence-electron chi connectivity index (χ1n) is 7.16. The first-order chi connectivity index (χ1) is 11.3. The van der Waals surface area contributed by atoms with Gasteiger partial charge in [0, 0.05) is 6.08 Å². The molecule has 1 heterocycles. The van der Waals surface area contributed by atoms with Crippen molar-refractivity contribution < 1.29 is 27.8 Å². The normalized spacial score (nSPS) is 24.2. The van der Waals surface area contributed by atoms with E-state index in [-0.39, 0.29) is 11.1 Å². The maximum atomic E-state index is 13.0. The molecule has 24 heavy (non-hydrogen) atoms. The Morgan fingerprint density at radius 2 is 1.50 bits per heavy atom. The number of hydrogen-bond donors (Lipinski definition) is 1. The summed E-state index contributed by atoms with van der Waals surface area (Å²) in [7, 11) is 0. The lowest BCUT2D eigenvalue weighted by Crippen LogP contribution is -2.46. The lowest BCUT2D eigenvalue weighted by molar-refractivity contribution is -0.185. The Balaban J connectivity index is 2.18. The predicted molar refractivity (Wildman–Crippen MR) is 79.8 cm³/mol. The van der Waals surface area contributed by atoms with E-state index >= 15 is 0 Å². The van der Waals surface area contributed by atoms with E-state index in [2.05, 4.69) is 0 Å². The summed E-state index contributed by atoms with van der Waals surface area (Å²) in [6.07, 6.45) is -6.01. The zero-order valence-electron chi connectivity index (χ0n) is 12.3. The van der Waals surface area contributed by atoms with Gasteiger partial charge in [-0.05, 0) is 11.1 Å². The molecule has 0 aliphatic carbocycles. The van der Waals surface area contributed by atoms with Gasteiger partial charge in [0.05, 0.1) is 0 Å². The maximum Gasteiger partial charge on any atom is 0.449 e. The predicted octanol–water partition coefficient (Wildman–Crippen LogP) is 3.66. The summed E-state index contributed by atoms with van der Waals surface area (Å²) in [6.45, 7) is 0. The summed E-state index contributed by atoms with van der Waals surface area (Å²) < 4.78 is 44.1. The number of benzene rings is 2. The summed E-state index contributed by atoms with van der Waals surface area (Å²) in [4.78, 5) is 12.5. The van der Waals surface area contributed by atoms with Crippen molar-refractivity contribution in [3.63, 3.8) is 0 Å². The highest BCUT2D eigenvalue weighted by atomic mass is 19.4. The summed E-state index contributed by atoms with van der Waals surface area (Å²) in [5.74, 6) is -2.48. The Labute approximate surface area is 136 Å². The topological polar surface area (TPSA) is 46.5 Å². The van der Waals surface area contributed by atoms with E-state index in [0.29, 0.717) is 6.08 Å². The molecule has 2 aromatic carbocycles. The lowest BCUT2D eigenvalue weighted by Gasteiger charge is -2.38. The highest BCUT2D eigenvalue weighted by molar-refractivity contribution is 5.99. The van der Waals surface area contributed by atoms with Gasteiger partial charge in [-0.1, -0.05) is 60.7 Å². The van der Waals surface area contributed by atoms with Gasteiger partial charge in [0.1, 0.15) is 0 Å². The highest BCUT2D eigenvalue weighted by Gasteiger charge is 2.54. The summed E-state index contributed by atoms with van der Waals surface area (Å²) in [6, 6.07) is 15.7. The van der Waals surface area contributed by atoms with Crippen LogP contribution in [0.3, 0.4) is 0 Å². The number of halogens is 3. The van der Waals surface area contributed by atoms with E-state index in [1.165, 1.54) is 24.3 Å². The Kier molecular flexibility index (Phi) is 3.93. The second-order valence-electron chi connectivity index (χ2n) is 5.41. The SMILES string of the molecule is O=C1C=C(C(F)(F)F)OC(c2ccccc2)C1(O)c1ccccc1. The number of aliphatic hydroxyl groups is 1. The summed E-state index contributed by atoms with van der Waals surface area (Å²) in [5, 5.41) is 11.0. The fourth-order valence-corrected chi connectivity index (χ4v) is 2.68. The van der Waals surface area contributed by atoms with Gasteiger partial charge in [0.15, 0.2) is 17.5 Å². The summed E-state index contributed by atoms with van der Waals surface area (Å²) >= 11 is 0. The molecule has 0 aromatic heterocycles. The minimum absolute atomic E-state index is 0.168. The molecule has 0 amide bonds. The standard InChI is InChI=1S/C18H13F3O3/c19-18(20,21)15-11-14(22)17(23,13-9-5-2-6-10-13)16(24-15)12-7-3-1-4-8-12/h1-11,16,23H. The molecule has 1 aliphatic rings. The second-order valence-corrected chi connectivity index (χ2v) is 5.41. The van der Waals surface area contributed by atoms with E-state index < -0.39 is 29.4 Å². The molecule has 6 heteroatoms. The molecule has 3 nitrogen and oxygen atoms in total. The van der Waals surface area contributed by atoms with Crippen LogP contribution in [0.2, 0.25) is 0 Å². The number of ketones is 1. The largest absolute Gasteiger partial charge is 0.477 e. The van der Waals surface area contributed by atoms with E-state index in [9.17, 15) is 23.1 Å². The average Bonchev–Trinajstić information content (AvgIpc) is 2.57. The highest BCUT2D eigenvalue weighted by Crippen LogP contribution is 2.46. The van der Waals surface area contributed by atoms with Gasteiger partial charge < -0.3 is 9.84 Å². The first-order valence-corrected chi connectivity index (χ1v) is 7.16. The van der Waals surface area contributed by atoms with E-state index in [0.717, 1.165) is 0 Å². The van der Waals surface area contributed by atoms with Crippen LogP contribution in [-0.2, 0) is 15.1 Å². The quantitative estimate of drug-likeness (QED) is 0.912. The van der Waals surface area contributed by atoms with Gasteiger partial charge in [-0.2, -0.15) is 13.2 Å². The second kappa shape index (κ2) is 5.79. The molecule has 2 aromatic rings. The third-order valence-corrected chi connectivity index (χ3v) is 3.86. The van der Waals surface area contributed by atoms with Crippen molar-refractivity contribution in [3.05, 3.63) is 83.6 Å². The van der Waals surface area contributed by atoms with Crippen LogP contribution in [0, 0.1) is 0 Å². The average molecular weight is 334 g/mol. The molecule has 0 bridgehead atoms. The minimum Gasteiger partial charge on any atom is -0.477 e. The van der Waals surface area contributed by atoms with Crippen LogP contribution in [0.5, 0.6) is 0 Å². The lowest BCUT2D eigenvalue weighted by atomic mass is 9.79. The van der Waals surface area contributed by atoms with Gasteiger partial charge in [-0.15, -0.1) is 0 Å². The molecule has 3 rings (SSSR count). The Bertz CT molecular complexity index is 769. The van der Waals surface area contributed by atoms with Gasteiger partial charge in [0.2, 0.25) is 5.76 Å². The number of carbonyl (C=O) groups excluding carboxylic acids is 1. The molecule has 124 valence electrons. The molecular weight excluding hydrogens is 321 g/mol. The third kappa shape index (κ3) is 2.69. The molecule has 1 N–H and O–H groups in total. The monoisotopic (exact) mass is 334 g/mol. The maximum absolute atomic E-state index is 13.0. The number of hydrogen-bond acceptors (Lipinski definition) is 3. The van der Waals surface area contributed by atoms with Crippen LogP contribution in [0.25, 0.3) is 0 Å². The number of rotatable bonds is 2. The smallest absolute Gasteiger partial charge is 0.449 e. The van der Waals surface area contributed by atoms with Crippen molar-refractivity contribution in [1.82, 2.24) is 0 Å². The van der Waals surface area contributed by atoms with E-state index in [4.69, 9.17) is 4.74 Å². The van der Waals surface area contributed by atoms with Crippen molar-refractivity contribution in [2.24, 2.45) is 0 Å². The molecule has 0 saturated heterocycles. The van der Waals surface area contributed by atoms with Crippen LogP contribution < -0.4 is 0 Å². The Morgan fingerprint density at radius 1 is 0.958 bits per heavy atom. The molecule has 0 radical (unpaired) electrons. The number of allylic oxidation sites excluding steroid dienone is 1. The fraction of sp³-hybridized carbons (Fsp3) is 0.167. The van der Waals surface area contributed by atoms with Gasteiger partial charge in [0.25, 0.3) is 0 Å². The van der Waals surface area contributed by atoms with Gasteiger partial charge in [-0.25, -0.2) is 0 Å². The van der Waals surface area contributed by atoms with Crippen molar-refractivity contribution in [2.45, 2.75) is 17.9 Å². The zero-order chi connectivity index (χ0) is 17.4. The van der Waals surface area contributed by atoms with Crippen LogP contribution >= 0.6 is 0 Å². The van der Waals surface area contributed by atoms with E-state index in [1.807, 2.05) is 0 Å². The van der Waals surface area contributed by atoms with Crippen molar-refractivity contribution >= 4 is 5.78 Å². The van der Waals surface area contributed by atoms with Gasteiger partial charge in [-0.3, -0.25) is 4.79 Å². The zero-order valence-corrected chi connectivity index (χ0v) is 12.3.